The van der Waals surface area contributed by atoms with Crippen molar-refractivity contribution in [1.82, 2.24) is 4.90 Å². The maximum atomic E-state index is 12.0. The second kappa shape index (κ2) is 17.6. The summed E-state index contributed by atoms with van der Waals surface area (Å²) < 4.78 is 25.2. The Balaban J connectivity index is 1.71. The van der Waals surface area contributed by atoms with Crippen LogP contribution in [0.3, 0.4) is 0 Å². The van der Waals surface area contributed by atoms with Gasteiger partial charge in [-0.3, -0.25) is 24.6 Å². The van der Waals surface area contributed by atoms with Gasteiger partial charge in [-0.1, -0.05) is 81.4 Å². The maximum absolute atomic E-state index is 12.0. The van der Waals surface area contributed by atoms with Crippen LogP contribution in [-0.4, -0.2) is 81.2 Å². The number of carbonyl (C=O) groups is 2. The van der Waals surface area contributed by atoms with Gasteiger partial charge in [0.1, 0.15) is 12.4 Å². The van der Waals surface area contributed by atoms with Gasteiger partial charge in [0.15, 0.2) is 0 Å². The summed E-state index contributed by atoms with van der Waals surface area (Å²) in [5, 5.41) is 26.6. The Morgan fingerprint density at radius 2 is 1.54 bits per heavy atom. The summed E-state index contributed by atoms with van der Waals surface area (Å²) in [6, 6.07) is 25.0. The quantitative estimate of drug-likeness (QED) is 0.0599. The van der Waals surface area contributed by atoms with Gasteiger partial charge < -0.3 is 24.1 Å². The third-order valence-electron chi connectivity index (χ3n) is 7.65. The Labute approximate surface area is 272 Å². The molecule has 11 nitrogen and oxygen atoms in total. The zero-order valence-electron chi connectivity index (χ0n) is 27.7. The molecule has 3 aromatic rings. The fraction of sp³-hybridized carbons (Fsp3) is 0.412. The van der Waals surface area contributed by atoms with Crippen molar-refractivity contribution in [3.8, 4) is 5.75 Å². The molecule has 0 saturated carbocycles. The monoisotopic (exact) mass is 653 g/mol. The van der Waals surface area contributed by atoms with Gasteiger partial charge in [-0.05, 0) is 34.0 Å². The molecule has 0 heterocycles. The first-order chi connectivity index (χ1) is 22.5. The number of hydrogen-bond acceptors (Lipinski definition) is 9. The largest absolute Gasteiger partial charge is 0.494 e. The van der Waals surface area contributed by atoms with Crippen LogP contribution in [0.5, 0.6) is 5.75 Å². The molecule has 248 valence electrons. The van der Waals surface area contributed by atoms with Gasteiger partial charge in [0.05, 0.1) is 36.5 Å². The van der Waals surface area contributed by atoms with E-state index in [0.717, 1.165) is 0 Å². The number of carboxylic acid groups (broad SMARTS) is 1. The Morgan fingerprint density at radius 1 is 0.913 bits per heavy atom. The molecule has 3 aromatic carbocycles. The van der Waals surface area contributed by atoms with E-state index in [4.69, 9.17) is 20.4 Å². The van der Waals surface area contributed by atoms with Crippen molar-refractivity contribution in [3.63, 3.8) is 0 Å². The lowest BCUT2D eigenvalue weighted by Gasteiger charge is -2.43. The number of rotatable bonds is 20. The number of aliphatic hydroxyl groups is 1. The highest BCUT2D eigenvalue weighted by atomic mass is 28.4. The van der Waals surface area contributed by atoms with E-state index in [2.05, 4.69) is 55.0 Å². The van der Waals surface area contributed by atoms with Crippen LogP contribution in [0.1, 0.15) is 45.6 Å². The SMILES string of the molecule is [2H]OCc1cc(OCCCN(CCOC(=O)CCC(=O)O)CCO[Si](c2ccccc2)(c2ccccc2)C(C)(C)C)ccc1[N+](=O)[O-]. The number of aliphatic carboxylic acids is 1. The van der Waals surface area contributed by atoms with Gasteiger partial charge in [-0.25, -0.2) is 0 Å². The van der Waals surface area contributed by atoms with E-state index in [1.807, 2.05) is 36.4 Å². The average Bonchev–Trinajstić information content (AvgIpc) is 3.04. The smallest absolute Gasteiger partial charge is 0.306 e. The number of aliphatic hydroxyl groups excluding tert-OH is 1. The van der Waals surface area contributed by atoms with Crippen LogP contribution in [0, 0.1) is 10.1 Å². The van der Waals surface area contributed by atoms with Crippen molar-refractivity contribution in [2.45, 2.75) is 51.7 Å². The molecule has 46 heavy (non-hydrogen) atoms. The molecule has 0 amide bonds. The normalized spacial score (nSPS) is 12.0. The standard InChI is InChI=1S/C34H44N2O9Si/c1-34(2,3)46(29-11-6-4-7-12-29,30-13-8-5-9-14-30)45-24-21-35(20-23-44-33(40)18-17-32(38)39)19-10-22-43-28-15-16-31(36(41)42)27(25-28)26-37/h4-9,11-16,25,37H,10,17-24,26H2,1-3H3,(H,38,39)/i37D. The number of carboxylic acids is 1. The molecular formula is C34H44N2O9Si. The van der Waals surface area contributed by atoms with E-state index >= 15 is 0 Å². The molecule has 0 aliphatic rings. The summed E-state index contributed by atoms with van der Waals surface area (Å²) in [7, 11) is -2.76. The van der Waals surface area contributed by atoms with Crippen molar-refractivity contribution in [3.05, 3.63) is 94.5 Å². The second-order valence-corrected chi connectivity index (χ2v) is 16.2. The molecule has 0 atom stereocenters. The average molecular weight is 654 g/mol. The van der Waals surface area contributed by atoms with E-state index in [-0.39, 0.29) is 42.3 Å². The Morgan fingerprint density at radius 3 is 2.11 bits per heavy atom. The third-order valence-corrected chi connectivity index (χ3v) is 12.7. The van der Waals surface area contributed by atoms with Crippen LogP contribution in [0.25, 0.3) is 0 Å². The zero-order chi connectivity index (χ0) is 34.3. The van der Waals surface area contributed by atoms with Gasteiger partial charge >= 0.3 is 11.9 Å². The minimum Gasteiger partial charge on any atom is -0.494 e. The van der Waals surface area contributed by atoms with E-state index in [9.17, 15) is 19.7 Å². The number of carbonyl (C=O) groups excluding carboxylic acids is 1. The lowest BCUT2D eigenvalue weighted by molar-refractivity contribution is -0.385. The molecule has 0 unspecified atom stereocenters. The molecule has 0 aromatic heterocycles. The summed E-state index contributed by atoms with van der Waals surface area (Å²) in [5.41, 5.74) is 0.101. The van der Waals surface area contributed by atoms with Crippen LogP contribution in [0.2, 0.25) is 5.04 Å². The van der Waals surface area contributed by atoms with E-state index < -0.39 is 25.2 Å². The second-order valence-electron chi connectivity index (χ2n) is 11.9. The Hall–Kier alpha value is -4.10. The maximum Gasteiger partial charge on any atom is 0.306 e. The van der Waals surface area contributed by atoms with Crippen LogP contribution in [0.4, 0.5) is 5.69 Å². The topological polar surface area (TPSA) is 149 Å². The number of benzene rings is 3. The number of esters is 1. The highest BCUT2D eigenvalue weighted by molar-refractivity contribution is 6.99. The predicted octanol–water partition coefficient (Wildman–Crippen LogP) is 4.14. The minimum absolute atomic E-state index is 0.0946. The minimum atomic E-state index is -2.76. The van der Waals surface area contributed by atoms with Gasteiger partial charge in [0.2, 0.25) is 1.43 Å². The first kappa shape index (κ1) is 34.8. The fourth-order valence-corrected chi connectivity index (χ4v) is 9.97. The predicted molar refractivity (Wildman–Crippen MR) is 177 cm³/mol. The van der Waals surface area contributed by atoms with Crippen molar-refractivity contribution in [2.75, 3.05) is 39.5 Å². The third kappa shape index (κ3) is 10.2. The summed E-state index contributed by atoms with van der Waals surface area (Å²) in [4.78, 5) is 35.7. The first-order valence-electron chi connectivity index (χ1n) is 15.7. The zero-order valence-corrected chi connectivity index (χ0v) is 27.7. The molecule has 0 aliphatic carbocycles. The Kier molecular flexibility index (Phi) is 13.3. The highest BCUT2D eigenvalue weighted by Crippen LogP contribution is 2.36. The molecule has 2 N–H and O–H groups in total. The lowest BCUT2D eigenvalue weighted by atomic mass is 10.2. The van der Waals surface area contributed by atoms with Crippen molar-refractivity contribution >= 4 is 36.3 Å². The molecule has 0 radical (unpaired) electrons. The number of nitro groups is 1. The molecular weight excluding hydrogens is 608 g/mol. The summed E-state index contributed by atoms with van der Waals surface area (Å²) >= 11 is 0. The van der Waals surface area contributed by atoms with Crippen LogP contribution in [-0.2, 0) is 25.4 Å². The molecule has 0 bridgehead atoms. The highest BCUT2D eigenvalue weighted by Gasteiger charge is 2.50. The summed E-state index contributed by atoms with van der Waals surface area (Å²) in [6.07, 6.45) is 0.112. The van der Waals surface area contributed by atoms with Gasteiger partial charge in [-0.2, -0.15) is 0 Å². The first-order valence-corrected chi connectivity index (χ1v) is 17.2. The number of ether oxygens (including phenoxy) is 2. The number of nitro benzene ring substituents is 1. The van der Waals surface area contributed by atoms with Crippen molar-refractivity contribution < 1.29 is 38.6 Å². The Bertz CT molecular complexity index is 1400. The van der Waals surface area contributed by atoms with E-state index in [1.54, 1.807) is 0 Å². The molecule has 0 aliphatic heterocycles. The van der Waals surface area contributed by atoms with Gasteiger partial charge in [0.25, 0.3) is 14.0 Å². The molecule has 0 fully saturated rings. The van der Waals surface area contributed by atoms with E-state index in [1.165, 1.54) is 28.6 Å². The van der Waals surface area contributed by atoms with Crippen molar-refractivity contribution in [2.24, 2.45) is 0 Å². The molecule has 0 saturated heterocycles. The number of nitrogens with zero attached hydrogens (tertiary/aromatic N) is 2. The van der Waals surface area contributed by atoms with Crippen LogP contribution < -0.4 is 15.1 Å². The fourth-order valence-electron chi connectivity index (χ4n) is 5.42. The molecule has 12 heteroatoms. The lowest BCUT2D eigenvalue weighted by Crippen LogP contribution is -2.67. The van der Waals surface area contributed by atoms with E-state index in [0.29, 0.717) is 45.0 Å². The molecule has 3 rings (SSSR count). The number of hydrogen-bond donors (Lipinski definition) is 2. The molecule has 0 spiro atoms. The van der Waals surface area contributed by atoms with Crippen LogP contribution in [0.15, 0.2) is 78.9 Å². The summed E-state index contributed by atoms with van der Waals surface area (Å²) in [6.45, 7) is 8.75. The van der Waals surface area contributed by atoms with Crippen LogP contribution >= 0.6 is 0 Å². The van der Waals surface area contributed by atoms with Crippen molar-refractivity contribution in [1.29, 1.82) is 1.43 Å². The van der Waals surface area contributed by atoms with Gasteiger partial charge in [-0.15, -0.1) is 0 Å². The summed E-state index contributed by atoms with van der Waals surface area (Å²) in [5.74, 6) is -1.20. The van der Waals surface area contributed by atoms with Gasteiger partial charge in [0, 0.05) is 32.3 Å².